The van der Waals surface area contributed by atoms with E-state index in [9.17, 15) is 0 Å². The Hall–Kier alpha value is 1.44. The molecule has 1 unspecified atom stereocenters. The van der Waals surface area contributed by atoms with Crippen molar-refractivity contribution in [1.82, 2.24) is 0 Å². The first-order valence-corrected chi connectivity index (χ1v) is 6.33. The second-order valence-electron chi connectivity index (χ2n) is 2.37. The molecule has 0 amide bonds. The lowest BCUT2D eigenvalue weighted by Gasteiger charge is -2.08. The molecule has 0 rings (SSSR count). The van der Waals surface area contributed by atoms with Crippen LogP contribution in [0.1, 0.15) is 32.6 Å². The summed E-state index contributed by atoms with van der Waals surface area (Å²) < 4.78 is 0.459. The molecule has 10 heavy (non-hydrogen) atoms. The van der Waals surface area contributed by atoms with Gasteiger partial charge in [-0.1, -0.05) is 67.6 Å². The number of halogens is 3. The van der Waals surface area contributed by atoms with Gasteiger partial charge in [0.1, 0.15) is 0 Å². The minimum atomic E-state index is 0.459. The third kappa shape index (κ3) is 7.55. The maximum Gasteiger partial charge on any atom is 0.0708 e. The van der Waals surface area contributed by atoms with Crippen molar-refractivity contribution in [2.75, 3.05) is 0 Å². The summed E-state index contributed by atoms with van der Waals surface area (Å²) in [5.41, 5.74) is 0. The third-order valence-electron chi connectivity index (χ3n) is 1.30. The first kappa shape index (κ1) is 11.4. The number of hydrogen-bond acceptors (Lipinski definition) is 0. The van der Waals surface area contributed by atoms with Crippen LogP contribution in [0.25, 0.3) is 0 Å². The Morgan fingerprint density at radius 2 is 1.80 bits per heavy atom. The van der Waals surface area contributed by atoms with E-state index in [1.165, 1.54) is 19.3 Å². The maximum absolute atomic E-state index is 3.62. The van der Waals surface area contributed by atoms with Gasteiger partial charge in [-0.15, -0.1) is 0 Å². The average Bonchev–Trinajstić information content (AvgIpc) is 1.82. The van der Waals surface area contributed by atoms with Crippen LogP contribution in [0.4, 0.5) is 0 Å². The van der Waals surface area contributed by atoms with Gasteiger partial charge in [-0.2, -0.15) is 0 Å². The second-order valence-corrected chi connectivity index (χ2v) is 7.10. The molecule has 0 spiro atoms. The lowest BCUT2D eigenvalue weighted by molar-refractivity contribution is 0.677. The fourth-order valence-electron chi connectivity index (χ4n) is 0.737. The summed E-state index contributed by atoms with van der Waals surface area (Å²) in [5, 5.41) is 0. The van der Waals surface area contributed by atoms with Crippen LogP contribution in [0.5, 0.6) is 0 Å². The van der Waals surface area contributed by atoms with Crippen molar-refractivity contribution < 1.29 is 0 Å². The highest BCUT2D eigenvalue weighted by atomic mass is 79.9. The normalized spacial score (nSPS) is 14.1. The molecule has 0 aromatic rings. The fourth-order valence-corrected chi connectivity index (χ4v) is 3.34. The van der Waals surface area contributed by atoms with E-state index in [4.69, 9.17) is 0 Å². The Morgan fingerprint density at radius 3 is 2.20 bits per heavy atom. The first-order chi connectivity index (χ1) is 4.66. The van der Waals surface area contributed by atoms with Gasteiger partial charge in [-0.3, -0.25) is 0 Å². The Labute approximate surface area is 88.5 Å². The van der Waals surface area contributed by atoms with Crippen LogP contribution in [0.15, 0.2) is 0 Å². The summed E-state index contributed by atoms with van der Waals surface area (Å²) in [6.45, 7) is 2.22. The number of unbranched alkanes of at least 4 members (excludes halogenated alkanes) is 1. The highest BCUT2D eigenvalue weighted by Gasteiger charge is 2.07. The molecule has 0 aromatic heterocycles. The predicted octanol–water partition coefficient (Wildman–Crippen LogP) is 4.45. The SMILES string of the molecule is CCCCC(Br)CC(Br)Br. The van der Waals surface area contributed by atoms with E-state index in [0.717, 1.165) is 6.42 Å². The van der Waals surface area contributed by atoms with Gasteiger partial charge in [0.15, 0.2) is 0 Å². The van der Waals surface area contributed by atoms with Crippen molar-refractivity contribution in [1.29, 1.82) is 0 Å². The Balaban J connectivity index is 3.16. The molecule has 0 aromatic carbocycles. The van der Waals surface area contributed by atoms with E-state index < -0.39 is 0 Å². The third-order valence-corrected chi connectivity index (χ3v) is 2.88. The minimum Gasteiger partial charge on any atom is -0.0890 e. The van der Waals surface area contributed by atoms with Crippen LogP contribution in [-0.4, -0.2) is 8.56 Å². The van der Waals surface area contributed by atoms with E-state index in [-0.39, 0.29) is 0 Å². The standard InChI is InChI=1S/C7H13Br3/c1-2-3-4-6(8)5-7(9)10/h6-7H,2-5H2,1H3. The summed E-state index contributed by atoms with van der Waals surface area (Å²) in [6.07, 6.45) is 5.05. The molecule has 0 bridgehead atoms. The van der Waals surface area contributed by atoms with Gasteiger partial charge in [0, 0.05) is 4.83 Å². The van der Waals surface area contributed by atoms with E-state index in [2.05, 4.69) is 54.7 Å². The van der Waals surface area contributed by atoms with Crippen LogP contribution >= 0.6 is 47.8 Å². The van der Waals surface area contributed by atoms with Crippen molar-refractivity contribution in [2.24, 2.45) is 0 Å². The molecule has 0 saturated carbocycles. The quantitative estimate of drug-likeness (QED) is 0.651. The highest BCUT2D eigenvalue weighted by molar-refractivity contribution is 9.24. The van der Waals surface area contributed by atoms with Crippen LogP contribution in [0.2, 0.25) is 0 Å². The topological polar surface area (TPSA) is 0 Å². The van der Waals surface area contributed by atoms with E-state index in [1.54, 1.807) is 0 Å². The molecule has 3 heteroatoms. The molecule has 62 valence electrons. The van der Waals surface area contributed by atoms with Crippen LogP contribution in [0, 0.1) is 0 Å². The van der Waals surface area contributed by atoms with Crippen LogP contribution in [-0.2, 0) is 0 Å². The first-order valence-electron chi connectivity index (χ1n) is 3.59. The molecule has 1 atom stereocenters. The van der Waals surface area contributed by atoms with Gasteiger partial charge >= 0.3 is 0 Å². The highest BCUT2D eigenvalue weighted by Crippen LogP contribution is 2.22. The molecule has 0 aliphatic rings. The molecule has 0 aliphatic carbocycles. The van der Waals surface area contributed by atoms with E-state index in [1.807, 2.05) is 0 Å². The van der Waals surface area contributed by atoms with Gasteiger partial charge in [0.05, 0.1) is 3.74 Å². The van der Waals surface area contributed by atoms with Crippen LogP contribution in [0.3, 0.4) is 0 Å². The minimum absolute atomic E-state index is 0.459. The monoisotopic (exact) mass is 334 g/mol. The molecular weight excluding hydrogens is 324 g/mol. The Kier molecular flexibility index (Phi) is 8.13. The summed E-state index contributed by atoms with van der Waals surface area (Å²) in [5.74, 6) is 0. The van der Waals surface area contributed by atoms with E-state index in [0.29, 0.717) is 8.56 Å². The van der Waals surface area contributed by atoms with Gasteiger partial charge in [0.25, 0.3) is 0 Å². The zero-order chi connectivity index (χ0) is 7.98. The van der Waals surface area contributed by atoms with Crippen molar-refractivity contribution in [3.8, 4) is 0 Å². The largest absolute Gasteiger partial charge is 0.0890 e. The van der Waals surface area contributed by atoms with Gasteiger partial charge in [0.2, 0.25) is 0 Å². The molecule has 0 radical (unpaired) electrons. The lowest BCUT2D eigenvalue weighted by Crippen LogP contribution is -2.01. The number of alkyl halides is 3. The molecule has 0 saturated heterocycles. The Morgan fingerprint density at radius 1 is 1.20 bits per heavy atom. The van der Waals surface area contributed by atoms with Gasteiger partial charge in [-0.25, -0.2) is 0 Å². The number of hydrogen-bond donors (Lipinski definition) is 0. The molecule has 0 nitrogen and oxygen atoms in total. The summed E-state index contributed by atoms with van der Waals surface area (Å²) in [6, 6.07) is 0. The molecule has 0 N–H and O–H groups in total. The zero-order valence-electron chi connectivity index (χ0n) is 6.12. The molecule has 0 heterocycles. The Bertz CT molecular complexity index is 73.3. The smallest absolute Gasteiger partial charge is 0.0708 e. The average molecular weight is 337 g/mol. The zero-order valence-corrected chi connectivity index (χ0v) is 10.9. The summed E-state index contributed by atoms with van der Waals surface area (Å²) in [7, 11) is 0. The molecule has 0 aliphatic heterocycles. The predicted molar refractivity (Wildman–Crippen MR) is 58.5 cm³/mol. The van der Waals surface area contributed by atoms with E-state index >= 15 is 0 Å². The van der Waals surface area contributed by atoms with Gasteiger partial charge in [-0.05, 0) is 12.8 Å². The second kappa shape index (κ2) is 7.11. The molecular formula is C7H13Br3. The maximum atomic E-state index is 3.62. The summed E-state index contributed by atoms with van der Waals surface area (Å²) in [4.78, 5) is 0.663. The molecule has 0 fully saturated rings. The summed E-state index contributed by atoms with van der Waals surface area (Å²) >= 11 is 10.5. The van der Waals surface area contributed by atoms with Gasteiger partial charge < -0.3 is 0 Å². The lowest BCUT2D eigenvalue weighted by atomic mass is 10.2. The van der Waals surface area contributed by atoms with Crippen molar-refractivity contribution in [2.45, 2.75) is 41.2 Å². The van der Waals surface area contributed by atoms with Crippen molar-refractivity contribution in [3.63, 3.8) is 0 Å². The van der Waals surface area contributed by atoms with Crippen molar-refractivity contribution >= 4 is 47.8 Å². The number of rotatable bonds is 5. The van der Waals surface area contributed by atoms with Crippen LogP contribution < -0.4 is 0 Å². The van der Waals surface area contributed by atoms with Crippen molar-refractivity contribution in [3.05, 3.63) is 0 Å². The fraction of sp³-hybridized carbons (Fsp3) is 1.00.